The summed E-state index contributed by atoms with van der Waals surface area (Å²) in [6.45, 7) is 3.62. The maximum atomic E-state index is 11.9. The Morgan fingerprint density at radius 2 is 1.95 bits per heavy atom. The van der Waals surface area contributed by atoms with Crippen LogP contribution in [0.25, 0.3) is 0 Å². The van der Waals surface area contributed by atoms with Gasteiger partial charge in [-0.1, -0.05) is 36.2 Å². The first-order chi connectivity index (χ1) is 10.3. The Kier molecular flexibility index (Phi) is 7.69. The summed E-state index contributed by atoms with van der Waals surface area (Å²) in [6.07, 6.45) is 1.78. The molecule has 2 unspecified atom stereocenters. The predicted molar refractivity (Wildman–Crippen MR) is 86.4 cm³/mol. The molecule has 0 aliphatic heterocycles. The number of benzene rings is 1. The Hall–Kier alpha value is -1.26. The normalized spacial score (nSPS) is 13.5. The number of hydrogen-bond acceptors (Lipinski definition) is 3. The highest BCUT2D eigenvalue weighted by Gasteiger charge is 2.28. The number of aryl methyl sites for hydroxylation is 1. The molecule has 2 atom stereocenters. The summed E-state index contributed by atoms with van der Waals surface area (Å²) in [7, 11) is 0. The van der Waals surface area contributed by atoms with Gasteiger partial charge in [-0.3, -0.25) is 9.59 Å². The van der Waals surface area contributed by atoms with Gasteiger partial charge in [0.25, 0.3) is 0 Å². The topological polar surface area (TPSA) is 63.6 Å². The number of aliphatic carboxylic acids is 1. The van der Waals surface area contributed by atoms with Crippen molar-refractivity contribution in [2.24, 2.45) is 5.92 Å². The number of carbonyl (C=O) groups excluding carboxylic acids is 1. The quantitative estimate of drug-likeness (QED) is 0.561. The van der Waals surface area contributed by atoms with E-state index in [1.54, 1.807) is 19.1 Å². The van der Waals surface area contributed by atoms with E-state index in [2.05, 4.69) is 0 Å². The molecular weight excluding hydrogens is 327 g/mol. The smallest absolute Gasteiger partial charge is 0.320 e. The van der Waals surface area contributed by atoms with Crippen LogP contribution in [0.4, 0.5) is 0 Å². The minimum atomic E-state index is -1.15. The number of ether oxygens (including phenoxy) is 1. The molecule has 1 aromatic carbocycles. The van der Waals surface area contributed by atoms with E-state index in [1.807, 2.05) is 13.0 Å². The third-order valence-corrected chi connectivity index (χ3v) is 4.16. The highest BCUT2D eigenvalue weighted by molar-refractivity contribution is 6.42. The van der Waals surface area contributed by atoms with Crippen molar-refractivity contribution in [1.82, 2.24) is 0 Å². The van der Waals surface area contributed by atoms with Gasteiger partial charge in [-0.2, -0.15) is 0 Å². The summed E-state index contributed by atoms with van der Waals surface area (Å²) in [6, 6.07) is 5.28. The van der Waals surface area contributed by atoms with Crippen molar-refractivity contribution in [3.05, 3.63) is 33.8 Å². The number of hydrogen-bond donors (Lipinski definition) is 1. The van der Waals surface area contributed by atoms with Gasteiger partial charge in [0.05, 0.1) is 16.1 Å². The molecule has 0 aliphatic carbocycles. The van der Waals surface area contributed by atoms with Gasteiger partial charge >= 0.3 is 11.9 Å². The van der Waals surface area contributed by atoms with Crippen molar-refractivity contribution in [2.75, 3.05) is 0 Å². The third kappa shape index (κ3) is 5.85. The molecule has 0 aliphatic rings. The average molecular weight is 347 g/mol. The zero-order chi connectivity index (χ0) is 16.7. The lowest BCUT2D eigenvalue weighted by atomic mass is 9.99. The van der Waals surface area contributed by atoms with E-state index in [-0.39, 0.29) is 12.5 Å². The third-order valence-electron chi connectivity index (χ3n) is 3.42. The van der Waals surface area contributed by atoms with Crippen molar-refractivity contribution >= 4 is 35.1 Å². The van der Waals surface area contributed by atoms with E-state index in [4.69, 9.17) is 33.0 Å². The van der Waals surface area contributed by atoms with Crippen LogP contribution in [-0.2, 0) is 20.7 Å². The van der Waals surface area contributed by atoms with Crippen LogP contribution in [0.5, 0.6) is 0 Å². The lowest BCUT2D eigenvalue weighted by Gasteiger charge is -2.15. The van der Waals surface area contributed by atoms with Crippen LogP contribution < -0.4 is 0 Å². The summed E-state index contributed by atoms with van der Waals surface area (Å²) >= 11 is 11.8. The van der Waals surface area contributed by atoms with Crippen LogP contribution in [0, 0.1) is 5.92 Å². The van der Waals surface area contributed by atoms with Crippen molar-refractivity contribution in [2.45, 2.75) is 45.6 Å². The lowest BCUT2D eigenvalue weighted by Crippen LogP contribution is -2.28. The van der Waals surface area contributed by atoms with Gasteiger partial charge in [0.2, 0.25) is 0 Å². The Labute approximate surface area is 140 Å². The van der Waals surface area contributed by atoms with Gasteiger partial charge in [-0.15, -0.1) is 0 Å². The first-order valence-corrected chi connectivity index (χ1v) is 7.98. The van der Waals surface area contributed by atoms with Crippen LogP contribution in [0.15, 0.2) is 18.2 Å². The summed E-state index contributed by atoms with van der Waals surface area (Å²) in [5.74, 6) is -2.95. The second kappa shape index (κ2) is 9.01. The minimum absolute atomic E-state index is 0.227. The fourth-order valence-electron chi connectivity index (χ4n) is 1.91. The lowest BCUT2D eigenvalue weighted by molar-refractivity contribution is -0.162. The molecule has 0 fully saturated rings. The van der Waals surface area contributed by atoms with Crippen LogP contribution in [0.3, 0.4) is 0 Å². The largest absolute Gasteiger partial charge is 0.481 e. The van der Waals surface area contributed by atoms with Crippen LogP contribution in [0.1, 0.15) is 38.7 Å². The fourth-order valence-corrected chi connectivity index (χ4v) is 2.23. The Bertz CT molecular complexity index is 531. The molecule has 0 saturated carbocycles. The molecule has 0 spiro atoms. The van der Waals surface area contributed by atoms with Crippen molar-refractivity contribution in [3.8, 4) is 0 Å². The molecule has 122 valence electrons. The number of halogens is 2. The van der Waals surface area contributed by atoms with E-state index in [0.29, 0.717) is 29.3 Å². The van der Waals surface area contributed by atoms with Crippen molar-refractivity contribution in [3.63, 3.8) is 0 Å². The van der Waals surface area contributed by atoms with Gasteiger partial charge < -0.3 is 9.84 Å². The van der Waals surface area contributed by atoms with E-state index >= 15 is 0 Å². The molecule has 22 heavy (non-hydrogen) atoms. The maximum Gasteiger partial charge on any atom is 0.320 e. The monoisotopic (exact) mass is 346 g/mol. The molecule has 6 heteroatoms. The minimum Gasteiger partial charge on any atom is -0.481 e. The summed E-state index contributed by atoms with van der Waals surface area (Å²) in [5, 5.41) is 10.1. The molecule has 0 saturated heterocycles. The van der Waals surface area contributed by atoms with Crippen LogP contribution >= 0.6 is 23.2 Å². The molecule has 0 radical (unpaired) electrons. The summed E-state index contributed by atoms with van der Waals surface area (Å²) in [4.78, 5) is 23.1. The van der Waals surface area contributed by atoms with E-state index in [9.17, 15) is 9.59 Å². The van der Waals surface area contributed by atoms with E-state index in [1.165, 1.54) is 0 Å². The van der Waals surface area contributed by atoms with Crippen LogP contribution in [0.2, 0.25) is 10.0 Å². The van der Waals surface area contributed by atoms with Gasteiger partial charge in [-0.25, -0.2) is 0 Å². The Balaban J connectivity index is 2.55. The van der Waals surface area contributed by atoms with Gasteiger partial charge in [-0.05, 0) is 50.3 Å². The van der Waals surface area contributed by atoms with Gasteiger partial charge in [0.15, 0.2) is 5.92 Å². The Morgan fingerprint density at radius 1 is 1.27 bits per heavy atom. The highest BCUT2D eigenvalue weighted by Crippen LogP contribution is 2.24. The predicted octanol–water partition coefficient (Wildman–Crippen LogP) is 4.36. The zero-order valence-corrected chi connectivity index (χ0v) is 14.2. The molecule has 1 aromatic rings. The van der Waals surface area contributed by atoms with Crippen molar-refractivity contribution < 1.29 is 19.4 Å². The first kappa shape index (κ1) is 18.8. The second-order valence-corrected chi connectivity index (χ2v) is 6.00. The van der Waals surface area contributed by atoms with Gasteiger partial charge in [0, 0.05) is 0 Å². The molecule has 1 N–H and O–H groups in total. The highest BCUT2D eigenvalue weighted by atomic mass is 35.5. The molecule has 0 amide bonds. The molecule has 4 nitrogen and oxygen atoms in total. The van der Waals surface area contributed by atoms with Crippen molar-refractivity contribution in [1.29, 1.82) is 0 Å². The van der Waals surface area contributed by atoms with E-state index < -0.39 is 17.9 Å². The molecular formula is C16H20Cl2O4. The Morgan fingerprint density at radius 3 is 2.50 bits per heavy atom. The number of carboxylic acid groups (broad SMARTS) is 1. The number of esters is 1. The SMILES string of the molecule is CCC(C)OC(=O)C(CCCc1ccc(Cl)c(Cl)c1)C(=O)O. The summed E-state index contributed by atoms with van der Waals surface area (Å²) in [5.41, 5.74) is 0.953. The van der Waals surface area contributed by atoms with Crippen LogP contribution in [-0.4, -0.2) is 23.1 Å². The number of carboxylic acids is 1. The van der Waals surface area contributed by atoms with E-state index in [0.717, 1.165) is 5.56 Å². The molecule has 0 heterocycles. The maximum absolute atomic E-state index is 11.9. The average Bonchev–Trinajstić information content (AvgIpc) is 2.46. The zero-order valence-electron chi connectivity index (χ0n) is 12.6. The van der Waals surface area contributed by atoms with Gasteiger partial charge in [0.1, 0.15) is 0 Å². The summed E-state index contributed by atoms with van der Waals surface area (Å²) < 4.78 is 5.10. The second-order valence-electron chi connectivity index (χ2n) is 5.19. The standard InChI is InChI=1S/C16H20Cl2O4/c1-3-10(2)22-16(21)12(15(19)20)6-4-5-11-7-8-13(17)14(18)9-11/h7-10,12H,3-6H2,1-2H3,(H,19,20). The number of rotatable bonds is 8. The fraction of sp³-hybridized carbons (Fsp3) is 0.500. The molecule has 1 rings (SSSR count). The molecule has 0 bridgehead atoms. The molecule has 0 aromatic heterocycles. The first-order valence-electron chi connectivity index (χ1n) is 7.22. The number of carbonyl (C=O) groups is 2.